The molecule has 0 amide bonds. The molecule has 0 unspecified atom stereocenters. The molecule has 2 aliphatic rings. The van der Waals surface area contributed by atoms with E-state index in [9.17, 15) is 9.59 Å². The lowest BCUT2D eigenvalue weighted by Crippen LogP contribution is -2.39. The van der Waals surface area contributed by atoms with Crippen molar-refractivity contribution in [3.05, 3.63) is 107 Å². The maximum atomic E-state index is 13.9. The molecule has 6 nitrogen and oxygen atoms in total. The van der Waals surface area contributed by atoms with Crippen LogP contribution in [0.1, 0.15) is 59.2 Å². The van der Waals surface area contributed by atoms with Crippen molar-refractivity contribution in [2.75, 3.05) is 6.61 Å². The number of rotatable bonds is 6. The molecule has 1 aromatic carbocycles. The van der Waals surface area contributed by atoms with Gasteiger partial charge in [0.05, 0.1) is 22.4 Å². The van der Waals surface area contributed by atoms with Crippen LogP contribution in [0.2, 0.25) is 0 Å². The fraction of sp³-hybridized carbons (Fsp3) is 0.276. The highest BCUT2D eigenvalue weighted by Gasteiger charge is 2.35. The van der Waals surface area contributed by atoms with Gasteiger partial charge in [-0.05, 0) is 62.8 Å². The first-order valence-electron chi connectivity index (χ1n) is 12.5. The van der Waals surface area contributed by atoms with E-state index in [-0.39, 0.29) is 12.2 Å². The van der Waals surface area contributed by atoms with Crippen molar-refractivity contribution in [1.29, 1.82) is 0 Å². The van der Waals surface area contributed by atoms with Crippen molar-refractivity contribution in [2.24, 2.45) is 4.99 Å². The summed E-state index contributed by atoms with van der Waals surface area (Å²) in [4.78, 5) is 33.7. The molecule has 1 fully saturated rings. The molecule has 4 aromatic rings. The molecular formula is C29H27N3O3S2. The standard InChI is InChI=1S/C29H27N3O3S2/c1-4-35-28(34)24-25(19-9-6-5-7-10-19)30-29-32(26(24)22-11-8-14-36-22)27(33)23(37-29)16-20-15-17(2)31(18(20)3)21-12-13-21/h5-11,14-16,21,26H,4,12-13H2,1-3H3/b23-16-/t26-/m0/s1. The van der Waals surface area contributed by atoms with Crippen LogP contribution in [0.3, 0.4) is 0 Å². The van der Waals surface area contributed by atoms with Gasteiger partial charge >= 0.3 is 5.97 Å². The number of thiophene rings is 1. The van der Waals surface area contributed by atoms with Crippen molar-refractivity contribution >= 4 is 40.4 Å². The minimum atomic E-state index is -0.605. The topological polar surface area (TPSA) is 65.6 Å². The van der Waals surface area contributed by atoms with E-state index >= 15 is 0 Å². The molecule has 0 spiro atoms. The Morgan fingerprint density at radius 2 is 1.92 bits per heavy atom. The van der Waals surface area contributed by atoms with Crippen LogP contribution in [0.15, 0.2) is 69.3 Å². The summed E-state index contributed by atoms with van der Waals surface area (Å²) >= 11 is 2.89. The fourth-order valence-corrected chi connectivity index (χ4v) is 6.96. The summed E-state index contributed by atoms with van der Waals surface area (Å²) in [5.41, 5.74) is 5.06. The van der Waals surface area contributed by atoms with E-state index in [0.717, 1.165) is 16.0 Å². The predicted octanol–water partition coefficient (Wildman–Crippen LogP) is 4.75. The lowest BCUT2D eigenvalue weighted by Gasteiger charge is -2.24. The summed E-state index contributed by atoms with van der Waals surface area (Å²) in [5.74, 6) is -0.453. The summed E-state index contributed by atoms with van der Waals surface area (Å²) in [6, 6.07) is 15.7. The molecule has 1 aliphatic heterocycles. The van der Waals surface area contributed by atoms with E-state index in [2.05, 4.69) is 24.5 Å². The molecule has 0 N–H and O–H groups in total. The van der Waals surface area contributed by atoms with Gasteiger partial charge in [-0.15, -0.1) is 11.3 Å². The second kappa shape index (κ2) is 9.43. The van der Waals surface area contributed by atoms with Crippen molar-refractivity contribution in [3.8, 4) is 0 Å². The van der Waals surface area contributed by atoms with E-state index in [1.54, 1.807) is 11.5 Å². The molecule has 0 saturated heterocycles. The Morgan fingerprint density at radius 1 is 1.14 bits per heavy atom. The van der Waals surface area contributed by atoms with Gasteiger partial charge in [0.1, 0.15) is 6.04 Å². The van der Waals surface area contributed by atoms with Crippen LogP contribution in [0.4, 0.5) is 0 Å². The SMILES string of the molecule is CCOC(=O)C1=C(c2ccccc2)N=c2s/c(=C\c3cc(C)n(C4CC4)c3C)c(=O)n2[C@H]1c1cccs1. The van der Waals surface area contributed by atoms with Crippen molar-refractivity contribution < 1.29 is 9.53 Å². The highest BCUT2D eigenvalue weighted by Crippen LogP contribution is 2.39. The molecule has 188 valence electrons. The Morgan fingerprint density at radius 3 is 2.59 bits per heavy atom. The van der Waals surface area contributed by atoms with E-state index in [1.807, 2.05) is 53.9 Å². The predicted molar refractivity (Wildman–Crippen MR) is 148 cm³/mol. The van der Waals surface area contributed by atoms with E-state index in [4.69, 9.17) is 9.73 Å². The summed E-state index contributed by atoms with van der Waals surface area (Å²) in [6.07, 6.45) is 4.39. The zero-order chi connectivity index (χ0) is 25.7. The quantitative estimate of drug-likeness (QED) is 0.339. The minimum absolute atomic E-state index is 0.146. The number of carbonyl (C=O) groups excluding carboxylic acids is 1. The Balaban J connectivity index is 1.61. The molecule has 1 atom stereocenters. The van der Waals surface area contributed by atoms with Crippen LogP contribution in [-0.4, -0.2) is 21.7 Å². The van der Waals surface area contributed by atoms with Crippen molar-refractivity contribution in [2.45, 2.75) is 45.7 Å². The third kappa shape index (κ3) is 4.14. The monoisotopic (exact) mass is 529 g/mol. The average Bonchev–Trinajstić information content (AvgIpc) is 3.35. The maximum Gasteiger partial charge on any atom is 0.338 e. The number of aromatic nitrogens is 2. The van der Waals surface area contributed by atoms with Crippen LogP contribution >= 0.6 is 22.7 Å². The Hall–Kier alpha value is -3.49. The first-order chi connectivity index (χ1) is 18.0. The molecule has 4 heterocycles. The first-order valence-corrected chi connectivity index (χ1v) is 14.2. The molecule has 6 rings (SSSR count). The molecule has 0 bridgehead atoms. The third-order valence-electron chi connectivity index (χ3n) is 6.91. The third-order valence-corrected chi connectivity index (χ3v) is 8.82. The number of carbonyl (C=O) groups is 1. The number of nitrogens with zero attached hydrogens (tertiary/aromatic N) is 3. The number of hydrogen-bond acceptors (Lipinski definition) is 6. The average molecular weight is 530 g/mol. The Kier molecular flexibility index (Phi) is 6.09. The zero-order valence-electron chi connectivity index (χ0n) is 20.9. The largest absolute Gasteiger partial charge is 0.463 e. The number of thiazole rings is 1. The fourth-order valence-electron chi connectivity index (χ4n) is 5.14. The highest BCUT2D eigenvalue weighted by atomic mass is 32.1. The maximum absolute atomic E-state index is 13.9. The van der Waals surface area contributed by atoms with Gasteiger partial charge in [0.25, 0.3) is 5.56 Å². The van der Waals surface area contributed by atoms with Crippen LogP contribution < -0.4 is 14.9 Å². The van der Waals surface area contributed by atoms with Gasteiger partial charge in [-0.25, -0.2) is 9.79 Å². The summed E-state index contributed by atoms with van der Waals surface area (Å²) in [6.45, 7) is 6.27. The van der Waals surface area contributed by atoms with Crippen molar-refractivity contribution in [1.82, 2.24) is 9.13 Å². The van der Waals surface area contributed by atoms with Crippen LogP contribution in [0.5, 0.6) is 0 Å². The normalized spacial score (nSPS) is 17.6. The second-order valence-electron chi connectivity index (χ2n) is 9.37. The Bertz CT molecular complexity index is 1700. The van der Waals surface area contributed by atoms with Gasteiger partial charge in [0.15, 0.2) is 4.80 Å². The van der Waals surface area contributed by atoms with Gasteiger partial charge in [0.2, 0.25) is 0 Å². The minimum Gasteiger partial charge on any atom is -0.463 e. The summed E-state index contributed by atoms with van der Waals surface area (Å²) in [7, 11) is 0. The first kappa shape index (κ1) is 23.9. The zero-order valence-corrected chi connectivity index (χ0v) is 22.6. The summed E-state index contributed by atoms with van der Waals surface area (Å²) < 4.78 is 10.2. The number of hydrogen-bond donors (Lipinski definition) is 0. The molecular weight excluding hydrogens is 502 g/mol. The lowest BCUT2D eigenvalue weighted by molar-refractivity contribution is -0.138. The molecule has 8 heteroatoms. The van der Waals surface area contributed by atoms with Gasteiger partial charge in [0, 0.05) is 27.9 Å². The van der Waals surface area contributed by atoms with Crippen LogP contribution in [0, 0.1) is 13.8 Å². The molecule has 1 saturated carbocycles. The second-order valence-corrected chi connectivity index (χ2v) is 11.4. The number of fused-ring (bicyclic) bond motifs is 1. The van der Waals surface area contributed by atoms with Crippen molar-refractivity contribution in [3.63, 3.8) is 0 Å². The van der Waals surface area contributed by atoms with E-state index < -0.39 is 12.0 Å². The van der Waals surface area contributed by atoms with Gasteiger partial charge < -0.3 is 9.30 Å². The lowest BCUT2D eigenvalue weighted by atomic mass is 9.97. The van der Waals surface area contributed by atoms with Crippen LogP contribution in [0.25, 0.3) is 11.8 Å². The molecule has 3 aromatic heterocycles. The van der Waals surface area contributed by atoms with E-state index in [0.29, 0.717) is 26.6 Å². The van der Waals surface area contributed by atoms with Gasteiger partial charge in [-0.2, -0.15) is 0 Å². The number of esters is 1. The number of aryl methyl sites for hydroxylation is 1. The number of ether oxygens (including phenoxy) is 1. The van der Waals surface area contributed by atoms with Gasteiger partial charge in [-0.3, -0.25) is 9.36 Å². The molecule has 37 heavy (non-hydrogen) atoms. The van der Waals surface area contributed by atoms with Crippen LogP contribution in [-0.2, 0) is 9.53 Å². The molecule has 1 aliphatic carbocycles. The molecule has 0 radical (unpaired) electrons. The summed E-state index contributed by atoms with van der Waals surface area (Å²) in [5, 5.41) is 1.96. The van der Waals surface area contributed by atoms with E-state index in [1.165, 1.54) is 46.9 Å². The smallest absolute Gasteiger partial charge is 0.338 e. The number of benzene rings is 1. The Labute approximate surface area is 222 Å². The van der Waals surface area contributed by atoms with Gasteiger partial charge in [-0.1, -0.05) is 47.7 Å². The highest BCUT2D eigenvalue weighted by molar-refractivity contribution is 7.10.